The van der Waals surface area contributed by atoms with Crippen molar-refractivity contribution in [3.63, 3.8) is 0 Å². The lowest BCUT2D eigenvalue weighted by atomic mass is 9.81. The number of alkyl halides is 1. The van der Waals surface area contributed by atoms with Crippen LogP contribution in [-0.2, 0) is 0 Å². The molecule has 1 aliphatic carbocycles. The second kappa shape index (κ2) is 4.00. The lowest BCUT2D eigenvalue weighted by Gasteiger charge is -2.25. The van der Waals surface area contributed by atoms with E-state index in [0.717, 1.165) is 5.56 Å². The molecule has 82 valence electrons. The maximum absolute atomic E-state index is 13.2. The first-order chi connectivity index (χ1) is 7.18. The zero-order valence-electron chi connectivity index (χ0n) is 8.14. The van der Waals surface area contributed by atoms with Gasteiger partial charge in [-0.3, -0.25) is 10.1 Å². The summed E-state index contributed by atoms with van der Waals surface area (Å²) in [5, 5.41) is 10.6. The van der Waals surface area contributed by atoms with Gasteiger partial charge in [-0.2, -0.15) is 0 Å². The fraction of sp³-hybridized carbons (Fsp3) is 0.600. The molecule has 0 bridgehead atoms. The molecule has 1 fully saturated rings. The van der Waals surface area contributed by atoms with Gasteiger partial charge in [-0.05, 0) is 30.4 Å². The average molecular weight is 213 g/mol. The van der Waals surface area contributed by atoms with Crippen LogP contribution < -0.4 is 0 Å². The molecule has 4 nitrogen and oxygen atoms in total. The Morgan fingerprint density at radius 2 is 2.33 bits per heavy atom. The SMILES string of the molecule is O=[N+]([O-])C1CC(c2ccoc2)CCC1F. The molecule has 1 aromatic heterocycles. The summed E-state index contributed by atoms with van der Waals surface area (Å²) in [6, 6.07) is 0.735. The topological polar surface area (TPSA) is 56.3 Å². The Morgan fingerprint density at radius 1 is 1.53 bits per heavy atom. The number of hydrogen-bond donors (Lipinski definition) is 0. The molecule has 1 heterocycles. The van der Waals surface area contributed by atoms with Gasteiger partial charge in [0.25, 0.3) is 0 Å². The number of rotatable bonds is 2. The second-order valence-electron chi connectivity index (χ2n) is 3.94. The molecule has 3 atom stereocenters. The van der Waals surface area contributed by atoms with Gasteiger partial charge in [0.05, 0.1) is 12.5 Å². The Balaban J connectivity index is 2.09. The maximum Gasteiger partial charge on any atom is 0.244 e. The normalized spacial score (nSPS) is 31.4. The summed E-state index contributed by atoms with van der Waals surface area (Å²) >= 11 is 0. The van der Waals surface area contributed by atoms with E-state index in [1.165, 1.54) is 6.26 Å². The Bertz CT molecular complexity index is 338. The highest BCUT2D eigenvalue weighted by Crippen LogP contribution is 2.35. The zero-order chi connectivity index (χ0) is 10.8. The minimum absolute atomic E-state index is 0.0612. The molecule has 0 radical (unpaired) electrons. The van der Waals surface area contributed by atoms with Gasteiger partial charge in [0.1, 0.15) is 0 Å². The van der Waals surface area contributed by atoms with E-state index in [2.05, 4.69) is 0 Å². The van der Waals surface area contributed by atoms with Crippen molar-refractivity contribution in [3.05, 3.63) is 34.3 Å². The van der Waals surface area contributed by atoms with Gasteiger partial charge in [0.2, 0.25) is 6.04 Å². The van der Waals surface area contributed by atoms with Crippen molar-refractivity contribution in [2.24, 2.45) is 0 Å². The molecule has 1 saturated carbocycles. The third kappa shape index (κ3) is 2.00. The second-order valence-corrected chi connectivity index (χ2v) is 3.94. The van der Waals surface area contributed by atoms with Gasteiger partial charge >= 0.3 is 0 Å². The monoisotopic (exact) mass is 213 g/mol. The standard InChI is InChI=1S/C10H12FNO3/c11-9-2-1-7(5-10(9)12(13)14)8-3-4-15-6-8/h3-4,6-7,9-10H,1-2,5H2. The Kier molecular flexibility index (Phi) is 2.70. The lowest BCUT2D eigenvalue weighted by molar-refractivity contribution is -0.535. The minimum Gasteiger partial charge on any atom is -0.472 e. The predicted octanol–water partition coefficient (Wildman–Crippen LogP) is 2.53. The first-order valence-corrected chi connectivity index (χ1v) is 4.98. The van der Waals surface area contributed by atoms with E-state index in [1.807, 2.05) is 0 Å². The molecule has 0 aliphatic heterocycles. The number of nitro groups is 1. The fourth-order valence-corrected chi connectivity index (χ4v) is 2.14. The van der Waals surface area contributed by atoms with Crippen LogP contribution in [0.3, 0.4) is 0 Å². The van der Waals surface area contributed by atoms with Crippen LogP contribution in [0.5, 0.6) is 0 Å². The first-order valence-electron chi connectivity index (χ1n) is 4.98. The molecule has 0 spiro atoms. The lowest BCUT2D eigenvalue weighted by Crippen LogP contribution is -2.36. The molecule has 0 N–H and O–H groups in total. The summed E-state index contributed by atoms with van der Waals surface area (Å²) in [7, 11) is 0. The molecule has 1 aliphatic rings. The van der Waals surface area contributed by atoms with Gasteiger partial charge in [-0.1, -0.05) is 0 Å². The van der Waals surface area contributed by atoms with E-state index >= 15 is 0 Å². The van der Waals surface area contributed by atoms with Crippen LogP contribution >= 0.6 is 0 Å². The first kappa shape index (κ1) is 10.1. The third-order valence-corrected chi connectivity index (χ3v) is 3.02. The van der Waals surface area contributed by atoms with E-state index in [0.29, 0.717) is 6.42 Å². The minimum atomic E-state index is -1.30. The van der Waals surface area contributed by atoms with Crippen molar-refractivity contribution in [1.29, 1.82) is 0 Å². The van der Waals surface area contributed by atoms with Crippen molar-refractivity contribution in [1.82, 2.24) is 0 Å². The largest absolute Gasteiger partial charge is 0.472 e. The van der Waals surface area contributed by atoms with Crippen LogP contribution in [0, 0.1) is 10.1 Å². The van der Waals surface area contributed by atoms with Crippen molar-refractivity contribution >= 4 is 0 Å². The highest BCUT2D eigenvalue weighted by molar-refractivity contribution is 5.14. The highest BCUT2D eigenvalue weighted by atomic mass is 19.1. The molecule has 2 rings (SSSR count). The third-order valence-electron chi connectivity index (χ3n) is 3.02. The fourth-order valence-electron chi connectivity index (χ4n) is 2.14. The molecule has 5 heteroatoms. The smallest absolute Gasteiger partial charge is 0.244 e. The summed E-state index contributed by atoms with van der Waals surface area (Å²) in [5.41, 5.74) is 0.939. The van der Waals surface area contributed by atoms with E-state index in [4.69, 9.17) is 4.42 Å². The maximum atomic E-state index is 13.2. The van der Waals surface area contributed by atoms with Crippen molar-refractivity contribution < 1.29 is 13.7 Å². The number of hydrogen-bond acceptors (Lipinski definition) is 3. The van der Waals surface area contributed by atoms with E-state index in [1.54, 1.807) is 12.3 Å². The van der Waals surface area contributed by atoms with Crippen LogP contribution in [0.25, 0.3) is 0 Å². The summed E-state index contributed by atoms with van der Waals surface area (Å²) < 4.78 is 18.2. The number of furan rings is 1. The quantitative estimate of drug-likeness (QED) is 0.560. The van der Waals surface area contributed by atoms with E-state index < -0.39 is 17.1 Å². The summed E-state index contributed by atoms with van der Waals surface area (Å²) in [6.07, 6.45) is 3.02. The van der Waals surface area contributed by atoms with Crippen LogP contribution in [0.4, 0.5) is 4.39 Å². The highest BCUT2D eigenvalue weighted by Gasteiger charge is 2.39. The van der Waals surface area contributed by atoms with Crippen LogP contribution in [0.2, 0.25) is 0 Å². The van der Waals surface area contributed by atoms with Gasteiger partial charge < -0.3 is 4.42 Å². The van der Waals surface area contributed by atoms with E-state index in [9.17, 15) is 14.5 Å². The Hall–Kier alpha value is -1.39. The summed E-state index contributed by atoms with van der Waals surface area (Å²) in [5.74, 6) is 0.0612. The van der Waals surface area contributed by atoms with Crippen LogP contribution in [-0.4, -0.2) is 17.1 Å². The number of halogens is 1. The van der Waals surface area contributed by atoms with Gasteiger partial charge in [-0.25, -0.2) is 4.39 Å². The van der Waals surface area contributed by atoms with Crippen molar-refractivity contribution in [2.45, 2.75) is 37.4 Å². The molecular formula is C10H12FNO3. The molecular weight excluding hydrogens is 201 g/mol. The number of nitrogens with zero attached hydrogens (tertiary/aromatic N) is 1. The summed E-state index contributed by atoms with van der Waals surface area (Å²) in [6.45, 7) is 0. The molecule has 1 aromatic rings. The van der Waals surface area contributed by atoms with Crippen LogP contribution in [0.15, 0.2) is 23.0 Å². The average Bonchev–Trinajstić information content (AvgIpc) is 2.71. The predicted molar refractivity (Wildman–Crippen MR) is 51.0 cm³/mol. The van der Waals surface area contributed by atoms with Crippen molar-refractivity contribution in [3.8, 4) is 0 Å². The molecule has 0 amide bonds. The Morgan fingerprint density at radius 3 is 2.93 bits per heavy atom. The summed E-state index contributed by atoms with van der Waals surface area (Å²) in [4.78, 5) is 10.1. The molecule has 0 saturated heterocycles. The zero-order valence-corrected chi connectivity index (χ0v) is 8.14. The van der Waals surface area contributed by atoms with Gasteiger partial charge in [0, 0.05) is 11.3 Å². The molecule has 0 aromatic carbocycles. The molecule has 15 heavy (non-hydrogen) atoms. The Labute approximate surface area is 86.2 Å². The van der Waals surface area contributed by atoms with E-state index in [-0.39, 0.29) is 18.8 Å². The van der Waals surface area contributed by atoms with Gasteiger partial charge in [-0.15, -0.1) is 0 Å². The van der Waals surface area contributed by atoms with Crippen LogP contribution in [0.1, 0.15) is 30.7 Å². The van der Waals surface area contributed by atoms with Crippen molar-refractivity contribution in [2.75, 3.05) is 0 Å². The van der Waals surface area contributed by atoms with Gasteiger partial charge in [0.15, 0.2) is 6.17 Å². The molecule has 3 unspecified atom stereocenters.